The first-order valence-electron chi connectivity index (χ1n) is 7.35. The van der Waals surface area contributed by atoms with Gasteiger partial charge in [-0.2, -0.15) is 0 Å². The van der Waals surface area contributed by atoms with Crippen LogP contribution < -0.4 is 10.1 Å². The number of ether oxygens (including phenoxy) is 1. The van der Waals surface area contributed by atoms with E-state index in [0.717, 1.165) is 22.2 Å². The molecule has 0 aliphatic carbocycles. The van der Waals surface area contributed by atoms with E-state index in [1.54, 1.807) is 13.2 Å². The highest BCUT2D eigenvalue weighted by atomic mass is 19.1. The van der Waals surface area contributed by atoms with Crippen molar-refractivity contribution >= 4 is 16.8 Å². The number of aromatic amines is 1. The van der Waals surface area contributed by atoms with Gasteiger partial charge < -0.3 is 15.0 Å². The van der Waals surface area contributed by atoms with Crippen molar-refractivity contribution in [3.05, 3.63) is 65.6 Å². The van der Waals surface area contributed by atoms with Crippen molar-refractivity contribution in [3.8, 4) is 5.75 Å². The fraction of sp³-hybridized carbons (Fsp3) is 0.167. The van der Waals surface area contributed by atoms with Gasteiger partial charge >= 0.3 is 0 Å². The zero-order valence-electron chi connectivity index (χ0n) is 12.7. The van der Waals surface area contributed by atoms with Crippen molar-refractivity contribution in [1.82, 2.24) is 10.3 Å². The van der Waals surface area contributed by atoms with E-state index < -0.39 is 5.82 Å². The molecule has 0 unspecified atom stereocenters. The predicted octanol–water partition coefficient (Wildman–Crippen LogP) is 3.29. The number of fused-ring (bicyclic) bond motifs is 1. The van der Waals surface area contributed by atoms with Gasteiger partial charge in [0, 0.05) is 35.3 Å². The van der Waals surface area contributed by atoms with Crippen LogP contribution in [0.15, 0.2) is 48.7 Å². The summed E-state index contributed by atoms with van der Waals surface area (Å²) in [7, 11) is 1.63. The molecule has 1 amide bonds. The van der Waals surface area contributed by atoms with Gasteiger partial charge in [-0.05, 0) is 42.3 Å². The van der Waals surface area contributed by atoms with Gasteiger partial charge in [0.25, 0.3) is 5.91 Å². The molecule has 3 rings (SSSR count). The third-order valence-corrected chi connectivity index (χ3v) is 3.74. The van der Waals surface area contributed by atoms with Crippen LogP contribution in [-0.2, 0) is 6.42 Å². The molecule has 0 spiro atoms. The van der Waals surface area contributed by atoms with Crippen molar-refractivity contribution in [2.45, 2.75) is 6.42 Å². The van der Waals surface area contributed by atoms with Crippen LogP contribution in [-0.4, -0.2) is 24.5 Å². The predicted molar refractivity (Wildman–Crippen MR) is 87.3 cm³/mol. The summed E-state index contributed by atoms with van der Waals surface area (Å²) < 4.78 is 18.3. The molecule has 0 atom stereocenters. The van der Waals surface area contributed by atoms with Gasteiger partial charge in [-0.25, -0.2) is 4.39 Å². The maximum absolute atomic E-state index is 13.1. The number of nitrogens with one attached hydrogen (secondary N) is 2. The lowest BCUT2D eigenvalue weighted by molar-refractivity contribution is 0.0953. The highest BCUT2D eigenvalue weighted by Gasteiger charge is 2.08. The molecule has 0 fully saturated rings. The van der Waals surface area contributed by atoms with Crippen molar-refractivity contribution in [3.63, 3.8) is 0 Å². The standard InChI is InChI=1S/C18H17FN2O2/c1-23-15-5-6-16-13(11-21-17(16)10-15)7-8-20-18(22)12-3-2-4-14(19)9-12/h2-6,9-11,21H,7-8H2,1H3,(H,20,22). The normalized spacial score (nSPS) is 10.7. The molecule has 0 radical (unpaired) electrons. The quantitative estimate of drug-likeness (QED) is 0.759. The fourth-order valence-corrected chi connectivity index (χ4v) is 2.54. The molecule has 0 aliphatic rings. The van der Waals surface area contributed by atoms with Crippen LogP contribution >= 0.6 is 0 Å². The second-order valence-corrected chi connectivity index (χ2v) is 5.24. The summed E-state index contributed by atoms with van der Waals surface area (Å²) in [5, 5.41) is 3.91. The average molecular weight is 312 g/mol. The monoisotopic (exact) mass is 312 g/mol. The molecule has 3 aromatic rings. The van der Waals surface area contributed by atoms with Crippen LogP contribution in [0.4, 0.5) is 4.39 Å². The van der Waals surface area contributed by atoms with Gasteiger partial charge in [-0.3, -0.25) is 4.79 Å². The highest BCUT2D eigenvalue weighted by Crippen LogP contribution is 2.23. The number of methoxy groups -OCH3 is 1. The number of carbonyl (C=O) groups is 1. The molecule has 118 valence electrons. The van der Waals surface area contributed by atoms with E-state index in [-0.39, 0.29) is 5.91 Å². The number of H-pyrrole nitrogens is 1. The number of aromatic nitrogens is 1. The Bertz CT molecular complexity index is 842. The first-order chi connectivity index (χ1) is 11.2. The summed E-state index contributed by atoms with van der Waals surface area (Å²) in [6.45, 7) is 0.480. The van der Waals surface area contributed by atoms with E-state index >= 15 is 0 Å². The minimum Gasteiger partial charge on any atom is -0.497 e. The van der Waals surface area contributed by atoms with Crippen molar-refractivity contribution in [1.29, 1.82) is 0 Å². The molecule has 5 heteroatoms. The molecule has 1 heterocycles. The van der Waals surface area contributed by atoms with Crippen molar-refractivity contribution < 1.29 is 13.9 Å². The topological polar surface area (TPSA) is 54.1 Å². The Balaban J connectivity index is 1.64. The Morgan fingerprint density at radius 3 is 2.91 bits per heavy atom. The van der Waals surface area contributed by atoms with Crippen molar-refractivity contribution in [2.24, 2.45) is 0 Å². The molecular formula is C18H17FN2O2. The van der Waals surface area contributed by atoms with Crippen LogP contribution in [0.3, 0.4) is 0 Å². The second-order valence-electron chi connectivity index (χ2n) is 5.24. The summed E-state index contributed by atoms with van der Waals surface area (Å²) in [5.41, 5.74) is 2.44. The summed E-state index contributed by atoms with van der Waals surface area (Å²) in [6, 6.07) is 11.5. The van der Waals surface area contributed by atoms with Gasteiger partial charge in [0.1, 0.15) is 11.6 Å². The van der Waals surface area contributed by atoms with Crippen LogP contribution in [0.2, 0.25) is 0 Å². The molecule has 4 nitrogen and oxygen atoms in total. The Morgan fingerprint density at radius 1 is 1.26 bits per heavy atom. The second kappa shape index (κ2) is 6.52. The van der Waals surface area contributed by atoms with Gasteiger partial charge in [0.2, 0.25) is 0 Å². The van der Waals surface area contributed by atoms with Crippen LogP contribution in [0.1, 0.15) is 15.9 Å². The van der Waals surface area contributed by atoms with E-state index in [1.807, 2.05) is 24.4 Å². The molecule has 0 saturated carbocycles. The molecule has 1 aromatic heterocycles. The Kier molecular flexibility index (Phi) is 4.28. The Morgan fingerprint density at radius 2 is 2.13 bits per heavy atom. The van der Waals surface area contributed by atoms with Crippen LogP contribution in [0.25, 0.3) is 10.9 Å². The molecular weight excluding hydrogens is 295 g/mol. The van der Waals surface area contributed by atoms with Gasteiger partial charge in [-0.15, -0.1) is 0 Å². The molecule has 2 aromatic carbocycles. The van der Waals surface area contributed by atoms with E-state index in [9.17, 15) is 9.18 Å². The minimum absolute atomic E-state index is 0.272. The largest absolute Gasteiger partial charge is 0.497 e. The third kappa shape index (κ3) is 3.34. The van der Waals surface area contributed by atoms with E-state index in [2.05, 4.69) is 10.3 Å². The third-order valence-electron chi connectivity index (χ3n) is 3.74. The maximum Gasteiger partial charge on any atom is 0.251 e. The van der Waals surface area contributed by atoms with E-state index in [0.29, 0.717) is 18.5 Å². The number of hydrogen-bond donors (Lipinski definition) is 2. The number of rotatable bonds is 5. The number of halogens is 1. The molecule has 0 bridgehead atoms. The summed E-state index contributed by atoms with van der Waals surface area (Å²) in [4.78, 5) is 15.2. The smallest absolute Gasteiger partial charge is 0.251 e. The SMILES string of the molecule is COc1ccc2c(CCNC(=O)c3cccc(F)c3)c[nH]c2c1. The molecule has 0 aliphatic heterocycles. The zero-order valence-corrected chi connectivity index (χ0v) is 12.7. The lowest BCUT2D eigenvalue weighted by Gasteiger charge is -2.05. The van der Waals surface area contributed by atoms with Crippen molar-refractivity contribution in [2.75, 3.05) is 13.7 Å². The Hall–Kier alpha value is -2.82. The Labute approximate surface area is 133 Å². The zero-order chi connectivity index (χ0) is 16.2. The molecule has 23 heavy (non-hydrogen) atoms. The number of benzene rings is 2. The van der Waals surface area contributed by atoms with Crippen LogP contribution in [0, 0.1) is 5.82 Å². The molecule has 2 N–H and O–H groups in total. The van der Waals surface area contributed by atoms with Gasteiger partial charge in [0.05, 0.1) is 7.11 Å². The maximum atomic E-state index is 13.1. The van der Waals surface area contributed by atoms with E-state index in [1.165, 1.54) is 18.2 Å². The number of amides is 1. The van der Waals surface area contributed by atoms with Crippen LogP contribution in [0.5, 0.6) is 5.75 Å². The summed E-state index contributed by atoms with van der Waals surface area (Å²) in [6.07, 6.45) is 2.62. The van der Waals surface area contributed by atoms with E-state index in [4.69, 9.17) is 4.74 Å². The lowest BCUT2D eigenvalue weighted by atomic mass is 10.1. The minimum atomic E-state index is -0.414. The van der Waals surface area contributed by atoms with Gasteiger partial charge in [-0.1, -0.05) is 6.07 Å². The first-order valence-corrected chi connectivity index (χ1v) is 7.35. The fourth-order valence-electron chi connectivity index (χ4n) is 2.54. The average Bonchev–Trinajstić information content (AvgIpc) is 2.97. The van der Waals surface area contributed by atoms with Gasteiger partial charge in [0.15, 0.2) is 0 Å². The first kappa shape index (κ1) is 15.1. The number of hydrogen-bond acceptors (Lipinski definition) is 2. The summed E-state index contributed by atoms with van der Waals surface area (Å²) >= 11 is 0. The number of carbonyl (C=O) groups excluding carboxylic acids is 1. The lowest BCUT2D eigenvalue weighted by Crippen LogP contribution is -2.25. The molecule has 0 saturated heterocycles. The highest BCUT2D eigenvalue weighted by molar-refractivity contribution is 5.94. The summed E-state index contributed by atoms with van der Waals surface area (Å²) in [5.74, 6) is 0.111.